The Morgan fingerprint density at radius 1 is 1.10 bits per heavy atom. The van der Waals surface area contributed by atoms with Gasteiger partial charge in [0.05, 0.1) is 13.2 Å². The van der Waals surface area contributed by atoms with E-state index in [0.29, 0.717) is 6.42 Å². The van der Waals surface area contributed by atoms with E-state index in [9.17, 15) is 4.79 Å². The molecule has 0 aliphatic heterocycles. The number of alkyl carbamates (subject to hydrolysis) is 1. The van der Waals surface area contributed by atoms with Crippen LogP contribution in [0.5, 0.6) is 5.75 Å². The van der Waals surface area contributed by atoms with Gasteiger partial charge in [-0.1, -0.05) is 30.3 Å². The fourth-order valence-corrected chi connectivity index (χ4v) is 3.04. The van der Waals surface area contributed by atoms with E-state index in [1.807, 2.05) is 86.1 Å². The summed E-state index contributed by atoms with van der Waals surface area (Å²) in [5.41, 5.74) is 1.45. The molecule has 0 aliphatic rings. The minimum atomic E-state index is -0.577. The third-order valence-corrected chi connectivity index (χ3v) is 4.31. The van der Waals surface area contributed by atoms with Crippen molar-refractivity contribution < 1.29 is 14.3 Å². The van der Waals surface area contributed by atoms with Gasteiger partial charge in [0.15, 0.2) is 0 Å². The summed E-state index contributed by atoms with van der Waals surface area (Å²) in [6.07, 6.45) is 3.73. The number of aromatic nitrogens is 2. The van der Waals surface area contributed by atoms with Crippen molar-refractivity contribution in [2.45, 2.75) is 38.8 Å². The molecule has 1 unspecified atom stereocenters. The molecule has 29 heavy (non-hydrogen) atoms. The Hall–Kier alpha value is -3.28. The molecule has 3 rings (SSSR count). The van der Waals surface area contributed by atoms with Crippen LogP contribution in [0.25, 0.3) is 5.69 Å². The van der Waals surface area contributed by atoms with E-state index < -0.39 is 11.7 Å². The molecule has 0 saturated heterocycles. The number of hydrogen-bond donors (Lipinski definition) is 1. The minimum Gasteiger partial charge on any atom is -0.497 e. The highest BCUT2D eigenvalue weighted by Gasteiger charge is 2.24. The molecule has 1 heterocycles. The fraction of sp³-hybridized carbons (Fsp3) is 0.304. The van der Waals surface area contributed by atoms with Crippen LogP contribution >= 0.6 is 0 Å². The normalized spacial score (nSPS) is 12.3. The first-order valence-corrected chi connectivity index (χ1v) is 9.57. The molecule has 6 heteroatoms. The molecule has 1 aromatic heterocycles. The molecular formula is C23H27N3O3. The monoisotopic (exact) mass is 393 g/mol. The average molecular weight is 393 g/mol. The van der Waals surface area contributed by atoms with Crippen molar-refractivity contribution in [1.82, 2.24) is 14.9 Å². The highest BCUT2D eigenvalue weighted by Crippen LogP contribution is 2.23. The minimum absolute atomic E-state index is 0.357. The molecule has 0 spiro atoms. The summed E-state index contributed by atoms with van der Waals surface area (Å²) in [5.74, 6) is 1.51. The van der Waals surface area contributed by atoms with Gasteiger partial charge in [0.2, 0.25) is 0 Å². The third-order valence-electron chi connectivity index (χ3n) is 4.31. The van der Waals surface area contributed by atoms with Crippen LogP contribution in [-0.4, -0.2) is 28.4 Å². The number of hydrogen-bond acceptors (Lipinski definition) is 4. The lowest BCUT2D eigenvalue weighted by atomic mass is 10.1. The number of benzene rings is 2. The van der Waals surface area contributed by atoms with Crippen molar-refractivity contribution in [2.75, 3.05) is 7.11 Å². The standard InChI is InChI=1S/C23H27N3O3/c1-23(2,3)29-22(27)25-20(16-17-8-6-5-7-9-17)21-24-14-15-26(21)18-10-12-19(28-4)13-11-18/h5-15,20H,16H2,1-4H3,(H,25,27). The van der Waals surface area contributed by atoms with E-state index in [1.54, 1.807) is 13.3 Å². The van der Waals surface area contributed by atoms with Gasteiger partial charge in [0, 0.05) is 24.5 Å². The van der Waals surface area contributed by atoms with E-state index >= 15 is 0 Å². The van der Waals surface area contributed by atoms with Crippen LogP contribution < -0.4 is 10.1 Å². The van der Waals surface area contributed by atoms with Crippen molar-refractivity contribution >= 4 is 6.09 Å². The molecule has 0 bridgehead atoms. The van der Waals surface area contributed by atoms with Gasteiger partial charge in [-0.25, -0.2) is 9.78 Å². The van der Waals surface area contributed by atoms with E-state index in [-0.39, 0.29) is 6.04 Å². The number of ether oxygens (including phenoxy) is 2. The van der Waals surface area contributed by atoms with E-state index in [4.69, 9.17) is 9.47 Å². The van der Waals surface area contributed by atoms with Crippen LogP contribution in [0, 0.1) is 0 Å². The second-order valence-electron chi connectivity index (χ2n) is 7.74. The van der Waals surface area contributed by atoms with Crippen molar-refractivity contribution in [3.05, 3.63) is 78.4 Å². The SMILES string of the molecule is COc1ccc(-n2ccnc2C(Cc2ccccc2)NC(=O)OC(C)(C)C)cc1. The van der Waals surface area contributed by atoms with Crippen molar-refractivity contribution in [3.63, 3.8) is 0 Å². The molecule has 1 atom stereocenters. The Kier molecular flexibility index (Phi) is 6.22. The molecular weight excluding hydrogens is 366 g/mol. The molecule has 3 aromatic rings. The predicted molar refractivity (Wildman–Crippen MR) is 112 cm³/mol. The van der Waals surface area contributed by atoms with E-state index in [1.165, 1.54) is 0 Å². The van der Waals surface area contributed by atoms with Gasteiger partial charge in [-0.3, -0.25) is 0 Å². The number of carbonyl (C=O) groups excluding carboxylic acids is 1. The molecule has 152 valence electrons. The summed E-state index contributed by atoms with van der Waals surface area (Å²) in [6, 6.07) is 17.3. The summed E-state index contributed by atoms with van der Waals surface area (Å²) < 4.78 is 12.7. The summed E-state index contributed by atoms with van der Waals surface area (Å²) in [6.45, 7) is 5.53. The fourth-order valence-electron chi connectivity index (χ4n) is 3.04. The molecule has 0 fully saturated rings. The smallest absolute Gasteiger partial charge is 0.408 e. The lowest BCUT2D eigenvalue weighted by molar-refractivity contribution is 0.0500. The van der Waals surface area contributed by atoms with Gasteiger partial charge in [-0.15, -0.1) is 0 Å². The number of carbonyl (C=O) groups is 1. The van der Waals surface area contributed by atoms with Gasteiger partial charge in [0.25, 0.3) is 0 Å². The largest absolute Gasteiger partial charge is 0.497 e. The Morgan fingerprint density at radius 3 is 2.41 bits per heavy atom. The Labute approximate surface area is 171 Å². The van der Waals surface area contributed by atoms with Crippen molar-refractivity contribution in [2.24, 2.45) is 0 Å². The number of nitrogens with one attached hydrogen (secondary N) is 1. The molecule has 0 aliphatic carbocycles. The Bertz CT molecular complexity index is 928. The number of rotatable bonds is 6. The topological polar surface area (TPSA) is 65.4 Å². The summed E-state index contributed by atoms with van der Waals surface area (Å²) in [7, 11) is 1.64. The van der Waals surface area contributed by atoms with Gasteiger partial charge in [-0.05, 0) is 50.6 Å². The van der Waals surface area contributed by atoms with Gasteiger partial charge in [0.1, 0.15) is 17.2 Å². The number of imidazole rings is 1. The van der Waals surface area contributed by atoms with Gasteiger partial charge < -0.3 is 19.4 Å². The van der Waals surface area contributed by atoms with Crippen LogP contribution in [0.15, 0.2) is 67.0 Å². The van der Waals surface area contributed by atoms with Crippen LogP contribution in [0.4, 0.5) is 4.79 Å². The lowest BCUT2D eigenvalue weighted by Gasteiger charge is -2.24. The first-order valence-electron chi connectivity index (χ1n) is 9.57. The number of nitrogens with zero attached hydrogens (tertiary/aromatic N) is 2. The maximum atomic E-state index is 12.5. The van der Waals surface area contributed by atoms with Crippen molar-refractivity contribution in [3.8, 4) is 11.4 Å². The summed E-state index contributed by atoms with van der Waals surface area (Å²) in [4.78, 5) is 17.0. The van der Waals surface area contributed by atoms with Crippen LogP contribution in [0.3, 0.4) is 0 Å². The molecule has 6 nitrogen and oxygen atoms in total. The first-order chi connectivity index (χ1) is 13.9. The van der Waals surface area contributed by atoms with E-state index in [2.05, 4.69) is 10.3 Å². The third kappa shape index (κ3) is 5.60. The lowest BCUT2D eigenvalue weighted by Crippen LogP contribution is -2.36. The molecule has 1 N–H and O–H groups in total. The van der Waals surface area contributed by atoms with Crippen LogP contribution in [0.1, 0.15) is 38.2 Å². The van der Waals surface area contributed by atoms with Crippen LogP contribution in [0.2, 0.25) is 0 Å². The van der Waals surface area contributed by atoms with Gasteiger partial charge in [-0.2, -0.15) is 0 Å². The zero-order valence-corrected chi connectivity index (χ0v) is 17.3. The van der Waals surface area contributed by atoms with E-state index in [0.717, 1.165) is 22.8 Å². The quantitative estimate of drug-likeness (QED) is 0.660. The second kappa shape index (κ2) is 8.82. The van der Waals surface area contributed by atoms with Gasteiger partial charge >= 0.3 is 6.09 Å². The average Bonchev–Trinajstić information content (AvgIpc) is 3.17. The summed E-state index contributed by atoms with van der Waals surface area (Å²) in [5, 5.41) is 2.99. The maximum Gasteiger partial charge on any atom is 0.408 e. The molecule has 1 amide bonds. The maximum absolute atomic E-state index is 12.5. The van der Waals surface area contributed by atoms with Crippen molar-refractivity contribution in [1.29, 1.82) is 0 Å². The predicted octanol–water partition coefficient (Wildman–Crippen LogP) is 4.69. The molecule has 2 aromatic carbocycles. The second-order valence-corrected chi connectivity index (χ2v) is 7.74. The highest BCUT2D eigenvalue weighted by molar-refractivity contribution is 5.68. The highest BCUT2D eigenvalue weighted by atomic mass is 16.6. The zero-order valence-electron chi connectivity index (χ0n) is 17.3. The zero-order chi connectivity index (χ0) is 20.9. The Balaban J connectivity index is 1.91. The molecule has 0 radical (unpaired) electrons. The first kappa shape index (κ1) is 20.5. The van der Waals surface area contributed by atoms with Crippen LogP contribution in [-0.2, 0) is 11.2 Å². The molecule has 0 saturated carbocycles. The Morgan fingerprint density at radius 2 is 1.79 bits per heavy atom. The number of methoxy groups -OCH3 is 1. The summed E-state index contributed by atoms with van der Waals surface area (Å²) >= 11 is 0. The number of amides is 1.